The molecule has 2 aromatic carbocycles. The second kappa shape index (κ2) is 6.45. The van der Waals surface area contributed by atoms with E-state index in [2.05, 4.69) is 20.0 Å². The zero-order chi connectivity index (χ0) is 17.1. The summed E-state index contributed by atoms with van der Waals surface area (Å²) in [7, 11) is 0. The molecule has 0 atom stereocenters. The van der Waals surface area contributed by atoms with Crippen LogP contribution in [0, 0.1) is 11.6 Å². The standard InChI is InChI=1S/C16H11F2N3O3/c17-10-3-1-2-9(6-10)7-14(22)19-11-4-5-13(18)12(8-11)15-20-16(23)24-21-15/h1-6,8H,7H2,(H,19,22)(H,20,21,23). The highest BCUT2D eigenvalue weighted by Gasteiger charge is 2.12. The number of H-pyrrole nitrogens is 1. The van der Waals surface area contributed by atoms with Crippen molar-refractivity contribution in [2.24, 2.45) is 0 Å². The third-order valence-corrected chi connectivity index (χ3v) is 3.20. The fourth-order valence-corrected chi connectivity index (χ4v) is 2.17. The molecule has 2 N–H and O–H groups in total. The minimum atomic E-state index is -0.815. The Morgan fingerprint density at radius 3 is 2.75 bits per heavy atom. The molecule has 1 heterocycles. The number of carbonyl (C=O) groups excluding carboxylic acids is 1. The summed E-state index contributed by atoms with van der Waals surface area (Å²) < 4.78 is 31.3. The molecular weight excluding hydrogens is 320 g/mol. The molecular formula is C16H11F2N3O3. The van der Waals surface area contributed by atoms with Crippen LogP contribution >= 0.6 is 0 Å². The molecule has 8 heteroatoms. The SMILES string of the molecule is O=C(Cc1cccc(F)c1)Nc1ccc(F)c(-c2noc(=O)[nH]2)c1. The van der Waals surface area contributed by atoms with Crippen LogP contribution in [0.15, 0.2) is 51.8 Å². The van der Waals surface area contributed by atoms with E-state index in [9.17, 15) is 18.4 Å². The Morgan fingerprint density at radius 1 is 1.21 bits per heavy atom. The van der Waals surface area contributed by atoms with Gasteiger partial charge in [-0.05, 0) is 35.9 Å². The van der Waals surface area contributed by atoms with E-state index in [-0.39, 0.29) is 17.8 Å². The van der Waals surface area contributed by atoms with Crippen molar-refractivity contribution in [2.45, 2.75) is 6.42 Å². The molecule has 0 unspecified atom stereocenters. The first-order valence-corrected chi connectivity index (χ1v) is 6.91. The summed E-state index contributed by atoms with van der Waals surface area (Å²) in [5.41, 5.74) is 0.789. The largest absolute Gasteiger partial charge is 0.439 e. The fraction of sp³-hybridized carbons (Fsp3) is 0.0625. The first kappa shape index (κ1) is 15.6. The van der Waals surface area contributed by atoms with Crippen LogP contribution in [-0.2, 0) is 11.2 Å². The second-order valence-corrected chi connectivity index (χ2v) is 4.99. The molecule has 122 valence electrons. The number of nitrogens with zero attached hydrogens (tertiary/aromatic N) is 1. The van der Waals surface area contributed by atoms with Gasteiger partial charge >= 0.3 is 5.76 Å². The van der Waals surface area contributed by atoms with Crippen molar-refractivity contribution in [2.75, 3.05) is 5.32 Å². The maximum Gasteiger partial charge on any atom is 0.439 e. The van der Waals surface area contributed by atoms with Gasteiger partial charge in [-0.3, -0.25) is 14.3 Å². The highest BCUT2D eigenvalue weighted by Crippen LogP contribution is 2.22. The Kier molecular flexibility index (Phi) is 4.19. The smallest absolute Gasteiger partial charge is 0.326 e. The molecule has 0 bridgehead atoms. The molecule has 1 amide bonds. The van der Waals surface area contributed by atoms with Gasteiger partial charge in [-0.2, -0.15) is 0 Å². The predicted molar refractivity (Wildman–Crippen MR) is 81.3 cm³/mol. The van der Waals surface area contributed by atoms with Crippen LogP contribution in [0.2, 0.25) is 0 Å². The molecule has 24 heavy (non-hydrogen) atoms. The van der Waals surface area contributed by atoms with E-state index in [0.717, 1.165) is 6.07 Å². The zero-order valence-corrected chi connectivity index (χ0v) is 12.2. The van der Waals surface area contributed by atoms with Crippen LogP contribution in [0.1, 0.15) is 5.56 Å². The van der Waals surface area contributed by atoms with Crippen LogP contribution in [0.25, 0.3) is 11.4 Å². The molecule has 0 aliphatic rings. The minimum absolute atomic E-state index is 0.0237. The predicted octanol–water partition coefficient (Wildman–Crippen LogP) is 2.49. The van der Waals surface area contributed by atoms with Crippen molar-refractivity contribution in [1.29, 1.82) is 0 Å². The Labute approximate surface area is 134 Å². The molecule has 6 nitrogen and oxygen atoms in total. The average molecular weight is 331 g/mol. The lowest BCUT2D eigenvalue weighted by Gasteiger charge is -2.07. The van der Waals surface area contributed by atoms with Gasteiger partial charge in [0.05, 0.1) is 12.0 Å². The number of amides is 1. The summed E-state index contributed by atoms with van der Waals surface area (Å²) in [6.07, 6.45) is -0.0364. The van der Waals surface area contributed by atoms with E-state index >= 15 is 0 Å². The van der Waals surface area contributed by atoms with Crippen molar-refractivity contribution >= 4 is 11.6 Å². The number of aromatic nitrogens is 2. The van der Waals surface area contributed by atoms with Gasteiger partial charge < -0.3 is 5.32 Å². The Bertz CT molecular complexity index is 949. The van der Waals surface area contributed by atoms with Gasteiger partial charge in [0.15, 0.2) is 5.82 Å². The number of hydrogen-bond donors (Lipinski definition) is 2. The Hall–Kier alpha value is -3.29. The summed E-state index contributed by atoms with van der Waals surface area (Å²) in [5.74, 6) is -2.36. The second-order valence-electron chi connectivity index (χ2n) is 4.99. The van der Waals surface area contributed by atoms with Gasteiger partial charge in [-0.25, -0.2) is 13.6 Å². The van der Waals surface area contributed by atoms with Gasteiger partial charge in [0.25, 0.3) is 0 Å². The first-order chi connectivity index (χ1) is 11.5. The van der Waals surface area contributed by atoms with Gasteiger partial charge in [0.1, 0.15) is 11.6 Å². The number of aromatic amines is 1. The molecule has 0 fully saturated rings. The van der Waals surface area contributed by atoms with Crippen molar-refractivity contribution < 1.29 is 18.1 Å². The molecule has 0 saturated carbocycles. The summed E-state index contributed by atoms with van der Waals surface area (Å²) in [4.78, 5) is 25.2. The first-order valence-electron chi connectivity index (χ1n) is 6.91. The third-order valence-electron chi connectivity index (χ3n) is 3.20. The highest BCUT2D eigenvalue weighted by molar-refractivity contribution is 5.92. The zero-order valence-electron chi connectivity index (χ0n) is 12.2. The third kappa shape index (κ3) is 3.54. The van der Waals surface area contributed by atoms with Crippen LogP contribution in [-0.4, -0.2) is 16.0 Å². The monoisotopic (exact) mass is 331 g/mol. The van der Waals surface area contributed by atoms with Gasteiger partial charge in [0.2, 0.25) is 5.91 Å². The number of anilines is 1. The average Bonchev–Trinajstić information content (AvgIpc) is 2.95. The lowest BCUT2D eigenvalue weighted by molar-refractivity contribution is -0.115. The Balaban J connectivity index is 1.78. The number of carbonyl (C=O) groups is 1. The van der Waals surface area contributed by atoms with Crippen LogP contribution in [0.4, 0.5) is 14.5 Å². The van der Waals surface area contributed by atoms with Crippen LogP contribution < -0.4 is 11.1 Å². The summed E-state index contributed by atoms with van der Waals surface area (Å²) in [5, 5.41) is 5.98. The van der Waals surface area contributed by atoms with E-state index < -0.39 is 23.3 Å². The normalized spacial score (nSPS) is 10.6. The number of benzene rings is 2. The molecule has 3 rings (SSSR count). The number of nitrogens with one attached hydrogen (secondary N) is 2. The maximum absolute atomic E-state index is 13.8. The number of halogens is 2. The maximum atomic E-state index is 13.8. The topological polar surface area (TPSA) is 88.0 Å². The van der Waals surface area contributed by atoms with Crippen molar-refractivity contribution in [1.82, 2.24) is 10.1 Å². The van der Waals surface area contributed by atoms with E-state index in [1.165, 1.54) is 30.3 Å². The van der Waals surface area contributed by atoms with E-state index in [0.29, 0.717) is 11.3 Å². The number of rotatable bonds is 4. The van der Waals surface area contributed by atoms with Gasteiger partial charge in [0, 0.05) is 5.69 Å². The molecule has 0 radical (unpaired) electrons. The van der Waals surface area contributed by atoms with Crippen LogP contribution in [0.3, 0.4) is 0 Å². The van der Waals surface area contributed by atoms with E-state index in [1.807, 2.05) is 0 Å². The summed E-state index contributed by atoms with van der Waals surface area (Å²) in [6.45, 7) is 0. The van der Waals surface area contributed by atoms with Crippen molar-refractivity contribution in [3.8, 4) is 11.4 Å². The van der Waals surface area contributed by atoms with Crippen LogP contribution in [0.5, 0.6) is 0 Å². The molecule has 0 saturated heterocycles. The van der Waals surface area contributed by atoms with Crippen molar-refractivity contribution in [3.63, 3.8) is 0 Å². The minimum Gasteiger partial charge on any atom is -0.326 e. The molecule has 3 aromatic rings. The molecule has 0 aliphatic heterocycles. The van der Waals surface area contributed by atoms with Crippen molar-refractivity contribution in [3.05, 3.63) is 70.2 Å². The lowest BCUT2D eigenvalue weighted by atomic mass is 10.1. The Morgan fingerprint density at radius 2 is 2.04 bits per heavy atom. The number of hydrogen-bond acceptors (Lipinski definition) is 4. The molecule has 0 spiro atoms. The fourth-order valence-electron chi connectivity index (χ4n) is 2.17. The molecule has 0 aliphatic carbocycles. The highest BCUT2D eigenvalue weighted by atomic mass is 19.1. The lowest BCUT2D eigenvalue weighted by Crippen LogP contribution is -2.14. The van der Waals surface area contributed by atoms with E-state index in [1.54, 1.807) is 6.07 Å². The quantitative estimate of drug-likeness (QED) is 0.769. The van der Waals surface area contributed by atoms with Gasteiger partial charge in [-0.1, -0.05) is 17.3 Å². The van der Waals surface area contributed by atoms with Gasteiger partial charge in [-0.15, -0.1) is 0 Å². The summed E-state index contributed by atoms with van der Waals surface area (Å²) in [6, 6.07) is 9.48. The summed E-state index contributed by atoms with van der Waals surface area (Å²) >= 11 is 0. The van der Waals surface area contributed by atoms with E-state index in [4.69, 9.17) is 0 Å². The molecule has 1 aromatic heterocycles.